The molecule has 0 bridgehead atoms. The van der Waals surface area contributed by atoms with Gasteiger partial charge in [-0.25, -0.2) is 4.79 Å². The van der Waals surface area contributed by atoms with Crippen LogP contribution in [0.15, 0.2) is 35.2 Å². The Morgan fingerprint density at radius 2 is 1.79 bits per heavy atom. The molecular formula is C19H13Cl2NO6S. The van der Waals surface area contributed by atoms with Gasteiger partial charge >= 0.3 is 5.97 Å². The summed E-state index contributed by atoms with van der Waals surface area (Å²) in [6, 6.07) is 7.15. The first kappa shape index (κ1) is 21.0. The number of imide groups is 1. The normalized spacial score (nSPS) is 15.3. The number of carbonyl (C=O) groups is 3. The van der Waals surface area contributed by atoms with Gasteiger partial charge in [-0.1, -0.05) is 29.3 Å². The second-order valence-electron chi connectivity index (χ2n) is 5.94. The molecular weight excluding hydrogens is 441 g/mol. The number of halogens is 2. The quantitative estimate of drug-likeness (QED) is 0.520. The summed E-state index contributed by atoms with van der Waals surface area (Å²) in [4.78, 5) is 37.6. The Bertz CT molecular complexity index is 1050. The lowest BCUT2D eigenvalue weighted by molar-refractivity contribution is -0.123. The van der Waals surface area contributed by atoms with E-state index in [0.29, 0.717) is 27.4 Å². The van der Waals surface area contributed by atoms with Gasteiger partial charge in [-0.2, -0.15) is 0 Å². The minimum absolute atomic E-state index is 0.0106. The number of thioether (sulfide) groups is 1. The number of methoxy groups -OCH3 is 1. The molecule has 2 aromatic carbocycles. The number of phenols is 2. The number of nitrogens with zero attached hydrogens (tertiary/aromatic N) is 1. The SMILES string of the molecule is COC(=O)c1c(O)cc(C=C2SC(=O)N(Cc3ccc(Cl)c(Cl)c3)C2=O)cc1O. The van der Waals surface area contributed by atoms with Crippen molar-refractivity contribution in [1.82, 2.24) is 4.90 Å². The van der Waals surface area contributed by atoms with Crippen LogP contribution >= 0.6 is 35.0 Å². The van der Waals surface area contributed by atoms with E-state index in [1.54, 1.807) is 18.2 Å². The molecule has 10 heteroatoms. The summed E-state index contributed by atoms with van der Waals surface area (Å²) in [5.74, 6) is -2.48. The fraction of sp³-hybridized carbons (Fsp3) is 0.105. The molecule has 2 aromatic rings. The molecule has 0 atom stereocenters. The van der Waals surface area contributed by atoms with E-state index in [-0.39, 0.29) is 17.0 Å². The van der Waals surface area contributed by atoms with E-state index in [9.17, 15) is 24.6 Å². The van der Waals surface area contributed by atoms with Gasteiger partial charge in [0, 0.05) is 0 Å². The first-order valence-electron chi connectivity index (χ1n) is 8.05. The first-order valence-corrected chi connectivity index (χ1v) is 9.62. The molecule has 2 amide bonds. The van der Waals surface area contributed by atoms with Crippen LogP contribution in [-0.4, -0.2) is 39.3 Å². The maximum absolute atomic E-state index is 12.6. The monoisotopic (exact) mass is 453 g/mol. The lowest BCUT2D eigenvalue weighted by atomic mass is 10.1. The van der Waals surface area contributed by atoms with E-state index in [2.05, 4.69) is 4.74 Å². The maximum atomic E-state index is 12.6. The van der Waals surface area contributed by atoms with Crippen molar-refractivity contribution < 1.29 is 29.3 Å². The van der Waals surface area contributed by atoms with Crippen LogP contribution in [0, 0.1) is 0 Å². The summed E-state index contributed by atoms with van der Waals surface area (Å²) in [5, 5.41) is 20.1. The zero-order valence-corrected chi connectivity index (χ0v) is 17.1. The van der Waals surface area contributed by atoms with Crippen molar-refractivity contribution in [3.8, 4) is 11.5 Å². The average molecular weight is 454 g/mol. The smallest absolute Gasteiger partial charge is 0.345 e. The molecule has 7 nitrogen and oxygen atoms in total. The fourth-order valence-electron chi connectivity index (χ4n) is 2.64. The van der Waals surface area contributed by atoms with Gasteiger partial charge in [0.2, 0.25) is 0 Å². The number of rotatable bonds is 4. The van der Waals surface area contributed by atoms with Gasteiger partial charge in [0.15, 0.2) is 0 Å². The molecule has 0 spiro atoms. The predicted molar refractivity (Wildman–Crippen MR) is 109 cm³/mol. The first-order chi connectivity index (χ1) is 13.7. The molecule has 150 valence electrons. The molecule has 0 radical (unpaired) electrons. The number of hydrogen-bond donors (Lipinski definition) is 2. The van der Waals surface area contributed by atoms with Crippen LogP contribution in [-0.2, 0) is 16.1 Å². The standard InChI is InChI=1S/C19H13Cl2NO6S/c1-28-18(26)16-13(23)5-10(6-14(16)24)7-15-17(25)22(19(27)29-15)8-9-2-3-11(20)12(21)4-9/h2-7,23-24H,8H2,1H3. The Morgan fingerprint density at radius 3 is 2.38 bits per heavy atom. The van der Waals surface area contributed by atoms with Crippen molar-refractivity contribution in [3.05, 3.63) is 62.0 Å². The molecule has 1 aliphatic rings. The Hall–Kier alpha value is -2.68. The van der Waals surface area contributed by atoms with Crippen molar-refractivity contribution >= 4 is 58.2 Å². The Morgan fingerprint density at radius 1 is 1.14 bits per heavy atom. The highest BCUT2D eigenvalue weighted by Crippen LogP contribution is 2.36. The summed E-state index contributed by atoms with van der Waals surface area (Å²) in [6.45, 7) is 0.0106. The molecule has 1 heterocycles. The van der Waals surface area contributed by atoms with E-state index >= 15 is 0 Å². The summed E-state index contributed by atoms with van der Waals surface area (Å²) < 4.78 is 4.49. The second-order valence-corrected chi connectivity index (χ2v) is 7.75. The number of ether oxygens (including phenoxy) is 1. The van der Waals surface area contributed by atoms with Crippen LogP contribution in [0.4, 0.5) is 4.79 Å². The van der Waals surface area contributed by atoms with E-state index in [1.165, 1.54) is 18.2 Å². The lowest BCUT2D eigenvalue weighted by Gasteiger charge is -2.13. The van der Waals surface area contributed by atoms with Crippen LogP contribution in [0.3, 0.4) is 0 Å². The van der Waals surface area contributed by atoms with E-state index in [4.69, 9.17) is 23.2 Å². The second kappa shape index (κ2) is 8.36. The molecule has 0 aromatic heterocycles. The molecule has 1 fully saturated rings. The van der Waals surface area contributed by atoms with Crippen molar-refractivity contribution in [3.63, 3.8) is 0 Å². The Balaban J connectivity index is 1.86. The Labute approximate surface area is 179 Å². The van der Waals surface area contributed by atoms with Crippen LogP contribution in [0.1, 0.15) is 21.5 Å². The minimum atomic E-state index is -0.909. The van der Waals surface area contributed by atoms with Gasteiger partial charge in [0.25, 0.3) is 11.1 Å². The number of amides is 2. The summed E-state index contributed by atoms with van der Waals surface area (Å²) >= 11 is 12.6. The summed E-state index contributed by atoms with van der Waals surface area (Å²) in [6.07, 6.45) is 1.33. The molecule has 1 saturated heterocycles. The zero-order valence-electron chi connectivity index (χ0n) is 14.8. The molecule has 0 aliphatic carbocycles. The number of hydrogen-bond acceptors (Lipinski definition) is 7. The zero-order chi connectivity index (χ0) is 21.3. The van der Waals surface area contributed by atoms with E-state index < -0.39 is 34.2 Å². The number of phenolic OH excluding ortho intramolecular Hbond substituents is 2. The van der Waals surface area contributed by atoms with Crippen LogP contribution in [0.2, 0.25) is 10.0 Å². The van der Waals surface area contributed by atoms with E-state index in [1.807, 2.05) is 0 Å². The number of benzene rings is 2. The molecule has 2 N–H and O–H groups in total. The third kappa shape index (κ3) is 4.34. The van der Waals surface area contributed by atoms with Crippen LogP contribution < -0.4 is 0 Å². The summed E-state index contributed by atoms with van der Waals surface area (Å²) in [7, 11) is 1.11. The van der Waals surface area contributed by atoms with Crippen molar-refractivity contribution in [1.29, 1.82) is 0 Å². The highest BCUT2D eigenvalue weighted by Gasteiger charge is 2.35. The molecule has 29 heavy (non-hydrogen) atoms. The van der Waals surface area contributed by atoms with Gasteiger partial charge in [0.1, 0.15) is 17.1 Å². The van der Waals surface area contributed by atoms with Crippen LogP contribution in [0.25, 0.3) is 6.08 Å². The van der Waals surface area contributed by atoms with Gasteiger partial charge in [-0.15, -0.1) is 0 Å². The maximum Gasteiger partial charge on any atom is 0.345 e. The van der Waals surface area contributed by atoms with Gasteiger partial charge in [-0.3, -0.25) is 14.5 Å². The third-order valence-corrected chi connectivity index (χ3v) is 5.65. The number of esters is 1. The van der Waals surface area contributed by atoms with E-state index in [0.717, 1.165) is 12.0 Å². The largest absolute Gasteiger partial charge is 0.507 e. The summed E-state index contributed by atoms with van der Waals surface area (Å²) in [5.41, 5.74) is 0.464. The average Bonchev–Trinajstić information content (AvgIpc) is 2.91. The fourth-order valence-corrected chi connectivity index (χ4v) is 3.79. The van der Waals surface area contributed by atoms with Gasteiger partial charge < -0.3 is 14.9 Å². The Kier molecular flexibility index (Phi) is 6.07. The predicted octanol–water partition coefficient (Wildman–Crippen LogP) is 4.43. The molecule has 3 rings (SSSR count). The van der Waals surface area contributed by atoms with Gasteiger partial charge in [0.05, 0.1) is 28.6 Å². The topological polar surface area (TPSA) is 104 Å². The van der Waals surface area contributed by atoms with Gasteiger partial charge in [-0.05, 0) is 53.2 Å². The van der Waals surface area contributed by atoms with Crippen molar-refractivity contribution in [2.45, 2.75) is 6.54 Å². The minimum Gasteiger partial charge on any atom is -0.507 e. The molecule has 0 saturated carbocycles. The highest BCUT2D eigenvalue weighted by atomic mass is 35.5. The third-order valence-electron chi connectivity index (χ3n) is 4.00. The van der Waals surface area contributed by atoms with Crippen molar-refractivity contribution in [2.24, 2.45) is 0 Å². The highest BCUT2D eigenvalue weighted by molar-refractivity contribution is 8.18. The molecule has 0 unspecified atom stereocenters. The number of aromatic hydroxyl groups is 2. The van der Waals surface area contributed by atoms with Crippen LogP contribution in [0.5, 0.6) is 11.5 Å². The molecule has 1 aliphatic heterocycles. The van der Waals surface area contributed by atoms with Crippen molar-refractivity contribution in [2.75, 3.05) is 7.11 Å². The number of carbonyl (C=O) groups excluding carboxylic acids is 3. The lowest BCUT2D eigenvalue weighted by Crippen LogP contribution is -2.27.